The van der Waals surface area contributed by atoms with Crippen molar-refractivity contribution in [3.05, 3.63) is 65.2 Å². The fourth-order valence-corrected chi connectivity index (χ4v) is 3.69. The first-order valence-electron chi connectivity index (χ1n) is 10.2. The second-order valence-electron chi connectivity index (χ2n) is 7.44. The molecular weight excluding hydrogens is 382 g/mol. The highest BCUT2D eigenvalue weighted by atomic mass is 16.5. The largest absolute Gasteiger partial charge is 0.481 e. The van der Waals surface area contributed by atoms with Gasteiger partial charge >= 0.3 is 5.97 Å². The molecule has 2 heterocycles. The Labute approximate surface area is 175 Å². The normalized spacial score (nSPS) is 13.3. The Morgan fingerprint density at radius 2 is 1.90 bits per heavy atom. The van der Waals surface area contributed by atoms with Gasteiger partial charge in [-0.25, -0.2) is 9.48 Å². The van der Waals surface area contributed by atoms with Crippen molar-refractivity contribution in [1.29, 1.82) is 0 Å². The highest BCUT2D eigenvalue weighted by Gasteiger charge is 2.29. The van der Waals surface area contributed by atoms with Gasteiger partial charge in [0.25, 0.3) is 0 Å². The molecule has 0 radical (unpaired) electrons. The molecule has 0 saturated heterocycles. The average Bonchev–Trinajstić information content (AvgIpc) is 3.40. The lowest BCUT2D eigenvalue weighted by Crippen LogP contribution is -2.14. The molecule has 1 aliphatic carbocycles. The maximum Gasteiger partial charge on any atom is 0.362 e. The van der Waals surface area contributed by atoms with Crippen LogP contribution in [0.5, 0.6) is 5.75 Å². The number of carbonyl (C=O) groups is 2. The van der Waals surface area contributed by atoms with Crippen LogP contribution in [0.4, 0.5) is 0 Å². The Bertz CT molecular complexity index is 1080. The number of aryl methyl sites for hydroxylation is 1. The van der Waals surface area contributed by atoms with Gasteiger partial charge in [-0.1, -0.05) is 18.2 Å². The first-order valence-corrected chi connectivity index (χ1v) is 10.2. The van der Waals surface area contributed by atoms with E-state index in [1.165, 1.54) is 0 Å². The van der Waals surface area contributed by atoms with Crippen LogP contribution in [0.1, 0.15) is 58.0 Å². The zero-order valence-electron chi connectivity index (χ0n) is 17.4. The standard InChI is InChI=1S/C23H25N3O4/c1-4-29-23(28)22-21(13-25(24-22)17-8-6-5-7-9-17)30-14-20(27)19-12-15(2)26(16(19)3)18-10-11-18/h5-9,12-13,18H,4,10-11,14H2,1-3H3. The Kier molecular flexibility index (Phi) is 5.44. The Hall–Kier alpha value is -3.35. The Balaban J connectivity index is 1.56. The van der Waals surface area contributed by atoms with E-state index < -0.39 is 5.97 Å². The van der Waals surface area contributed by atoms with Crippen LogP contribution in [0, 0.1) is 13.8 Å². The Morgan fingerprint density at radius 1 is 1.17 bits per heavy atom. The maximum atomic E-state index is 12.8. The van der Waals surface area contributed by atoms with Gasteiger partial charge in [-0.2, -0.15) is 5.10 Å². The van der Waals surface area contributed by atoms with E-state index in [9.17, 15) is 9.59 Å². The van der Waals surface area contributed by atoms with E-state index in [1.54, 1.807) is 17.8 Å². The molecule has 0 N–H and O–H groups in total. The molecule has 2 aromatic heterocycles. The van der Waals surface area contributed by atoms with E-state index >= 15 is 0 Å². The molecular formula is C23H25N3O4. The molecule has 1 aliphatic rings. The van der Waals surface area contributed by atoms with Crippen LogP contribution < -0.4 is 4.74 Å². The summed E-state index contributed by atoms with van der Waals surface area (Å²) in [6.45, 7) is 5.76. The topological polar surface area (TPSA) is 75.3 Å². The summed E-state index contributed by atoms with van der Waals surface area (Å²) in [5, 5.41) is 4.32. The Morgan fingerprint density at radius 3 is 2.57 bits per heavy atom. The van der Waals surface area contributed by atoms with Gasteiger partial charge in [-0.05, 0) is 51.8 Å². The molecule has 0 atom stereocenters. The number of rotatable bonds is 8. The van der Waals surface area contributed by atoms with Crippen molar-refractivity contribution >= 4 is 11.8 Å². The van der Waals surface area contributed by atoms with Gasteiger partial charge in [-0.3, -0.25) is 4.79 Å². The number of benzene rings is 1. The molecule has 0 aliphatic heterocycles. The molecule has 30 heavy (non-hydrogen) atoms. The van der Waals surface area contributed by atoms with E-state index in [0.717, 1.165) is 29.9 Å². The first-order chi connectivity index (χ1) is 14.5. The molecule has 7 nitrogen and oxygen atoms in total. The van der Waals surface area contributed by atoms with E-state index in [4.69, 9.17) is 9.47 Å². The summed E-state index contributed by atoms with van der Waals surface area (Å²) in [6, 6.07) is 11.8. The summed E-state index contributed by atoms with van der Waals surface area (Å²) in [6.07, 6.45) is 3.91. The third-order valence-electron chi connectivity index (χ3n) is 5.23. The molecule has 0 amide bonds. The van der Waals surface area contributed by atoms with Gasteiger partial charge in [0, 0.05) is 23.0 Å². The predicted molar refractivity (Wildman–Crippen MR) is 112 cm³/mol. The number of ether oxygens (including phenoxy) is 2. The molecule has 1 saturated carbocycles. The van der Waals surface area contributed by atoms with Crippen LogP contribution in [0.3, 0.4) is 0 Å². The van der Waals surface area contributed by atoms with Gasteiger partial charge in [0.1, 0.15) is 0 Å². The first kappa shape index (κ1) is 19.9. The minimum atomic E-state index is -0.582. The lowest BCUT2D eigenvalue weighted by atomic mass is 10.1. The van der Waals surface area contributed by atoms with Gasteiger partial charge in [0.05, 0.1) is 18.5 Å². The van der Waals surface area contributed by atoms with E-state index in [0.29, 0.717) is 11.6 Å². The number of carbonyl (C=O) groups excluding carboxylic acids is 2. The third-order valence-corrected chi connectivity index (χ3v) is 5.23. The van der Waals surface area contributed by atoms with Gasteiger partial charge in [0.2, 0.25) is 11.5 Å². The van der Waals surface area contributed by atoms with Gasteiger partial charge < -0.3 is 14.0 Å². The van der Waals surface area contributed by atoms with Crippen molar-refractivity contribution < 1.29 is 19.1 Å². The summed E-state index contributed by atoms with van der Waals surface area (Å²) >= 11 is 0. The zero-order valence-corrected chi connectivity index (χ0v) is 17.4. The number of esters is 1. The second kappa shape index (κ2) is 8.18. The molecule has 156 valence electrons. The predicted octanol–water partition coefficient (Wildman–Crippen LogP) is 4.06. The van der Waals surface area contributed by atoms with E-state index in [-0.39, 0.29) is 30.4 Å². The van der Waals surface area contributed by atoms with E-state index in [2.05, 4.69) is 9.67 Å². The van der Waals surface area contributed by atoms with Crippen LogP contribution in [0.25, 0.3) is 5.69 Å². The summed E-state index contributed by atoms with van der Waals surface area (Å²) in [4.78, 5) is 25.2. The smallest absolute Gasteiger partial charge is 0.362 e. The SMILES string of the molecule is CCOC(=O)c1nn(-c2ccccc2)cc1OCC(=O)c1cc(C)n(C2CC2)c1C. The van der Waals surface area contributed by atoms with Crippen LogP contribution in [0.15, 0.2) is 42.6 Å². The fraction of sp³-hybridized carbons (Fsp3) is 0.348. The van der Waals surface area contributed by atoms with Gasteiger partial charge in [-0.15, -0.1) is 0 Å². The molecule has 3 aromatic rings. The lowest BCUT2D eigenvalue weighted by molar-refractivity contribution is 0.0513. The van der Waals surface area contributed by atoms with Crippen molar-refractivity contribution in [2.45, 2.75) is 39.7 Å². The fourth-order valence-electron chi connectivity index (χ4n) is 3.69. The van der Waals surface area contributed by atoms with Crippen LogP contribution in [-0.4, -0.2) is 39.3 Å². The quantitative estimate of drug-likeness (QED) is 0.416. The monoisotopic (exact) mass is 407 g/mol. The van der Waals surface area contributed by atoms with Crippen molar-refractivity contribution in [2.75, 3.05) is 13.2 Å². The highest BCUT2D eigenvalue weighted by molar-refractivity contribution is 5.99. The number of nitrogens with zero attached hydrogens (tertiary/aromatic N) is 3. The van der Waals surface area contributed by atoms with Crippen molar-refractivity contribution in [2.24, 2.45) is 0 Å². The summed E-state index contributed by atoms with van der Waals surface area (Å²) in [7, 11) is 0. The maximum absolute atomic E-state index is 12.8. The summed E-state index contributed by atoms with van der Waals surface area (Å²) in [5.74, 6) is -0.486. The molecule has 1 fully saturated rings. The minimum Gasteiger partial charge on any atom is -0.481 e. The van der Waals surface area contributed by atoms with Crippen LogP contribution in [0.2, 0.25) is 0 Å². The number of Topliss-reactive ketones (excluding diaryl/α,β-unsaturated/α-hetero) is 1. The molecule has 4 rings (SSSR count). The summed E-state index contributed by atoms with van der Waals surface area (Å²) in [5.41, 5.74) is 3.54. The molecule has 1 aromatic carbocycles. The highest BCUT2D eigenvalue weighted by Crippen LogP contribution is 2.38. The average molecular weight is 407 g/mol. The molecule has 0 spiro atoms. The molecule has 7 heteroatoms. The number of ketones is 1. The van der Waals surface area contributed by atoms with Gasteiger partial charge in [0.15, 0.2) is 12.4 Å². The lowest BCUT2D eigenvalue weighted by Gasteiger charge is -2.08. The molecule has 0 unspecified atom stereocenters. The summed E-state index contributed by atoms with van der Waals surface area (Å²) < 4.78 is 14.6. The van der Waals surface area contributed by atoms with Crippen molar-refractivity contribution in [3.8, 4) is 11.4 Å². The third kappa shape index (κ3) is 3.87. The van der Waals surface area contributed by atoms with Crippen LogP contribution >= 0.6 is 0 Å². The number of hydrogen-bond donors (Lipinski definition) is 0. The van der Waals surface area contributed by atoms with Crippen molar-refractivity contribution in [1.82, 2.24) is 14.3 Å². The molecule has 0 bridgehead atoms. The minimum absolute atomic E-state index is 0.0527. The number of aromatic nitrogens is 3. The van der Waals surface area contributed by atoms with Crippen LogP contribution in [-0.2, 0) is 4.74 Å². The number of hydrogen-bond acceptors (Lipinski definition) is 5. The van der Waals surface area contributed by atoms with Crippen molar-refractivity contribution in [3.63, 3.8) is 0 Å². The van der Waals surface area contributed by atoms with E-state index in [1.807, 2.05) is 50.2 Å². The zero-order chi connectivity index (χ0) is 21.3. The second-order valence-corrected chi connectivity index (χ2v) is 7.44. The number of para-hydroxylation sites is 1.